The summed E-state index contributed by atoms with van der Waals surface area (Å²) in [5.41, 5.74) is 2.08. The third-order valence-corrected chi connectivity index (χ3v) is 4.87. The second-order valence-electron chi connectivity index (χ2n) is 7.01. The Kier molecular flexibility index (Phi) is 4.95. The fourth-order valence-electron chi connectivity index (χ4n) is 3.36. The average Bonchev–Trinajstić information content (AvgIpc) is 3.25. The van der Waals surface area contributed by atoms with Crippen molar-refractivity contribution in [3.63, 3.8) is 0 Å². The highest BCUT2D eigenvalue weighted by atomic mass is 16.5. The molecule has 1 N–H and O–H groups in total. The summed E-state index contributed by atoms with van der Waals surface area (Å²) in [7, 11) is 1.52. The van der Waals surface area contributed by atoms with Crippen LogP contribution in [0.2, 0.25) is 0 Å². The summed E-state index contributed by atoms with van der Waals surface area (Å²) in [4.78, 5) is 25.0. The Morgan fingerprint density at radius 2 is 1.77 bits per heavy atom. The molecule has 0 saturated heterocycles. The lowest BCUT2D eigenvalue weighted by Gasteiger charge is -2.15. The van der Waals surface area contributed by atoms with E-state index >= 15 is 0 Å². The van der Waals surface area contributed by atoms with Crippen molar-refractivity contribution in [2.24, 2.45) is 0 Å². The number of ether oxygens (including phenoxy) is 2. The molecule has 7 nitrogen and oxygen atoms in total. The maximum Gasteiger partial charge on any atom is 0.342 e. The second-order valence-corrected chi connectivity index (χ2v) is 7.01. The molecule has 154 valence electrons. The molecule has 2 aromatic carbocycles. The summed E-state index contributed by atoms with van der Waals surface area (Å²) < 4.78 is 22.0. The van der Waals surface area contributed by atoms with Crippen LogP contribution in [-0.2, 0) is 9.53 Å². The van der Waals surface area contributed by atoms with Crippen LogP contribution in [0, 0.1) is 13.8 Å². The highest BCUT2D eigenvalue weighted by Crippen LogP contribution is 2.36. The van der Waals surface area contributed by atoms with Crippen LogP contribution in [0.25, 0.3) is 21.9 Å². The molecule has 0 aliphatic rings. The number of para-hydroxylation sites is 1. The molecule has 0 radical (unpaired) electrons. The number of esters is 1. The van der Waals surface area contributed by atoms with E-state index in [-0.39, 0.29) is 0 Å². The SMILES string of the molecule is COc1cc2c(cc1NC(=O)[C@@H](C)OC(=O)c1cc(C)oc1C)oc1ccccc12. The molecular weight excluding hydrogens is 386 g/mol. The van der Waals surface area contributed by atoms with Gasteiger partial charge in [0.25, 0.3) is 5.91 Å². The molecule has 0 saturated carbocycles. The van der Waals surface area contributed by atoms with Crippen LogP contribution in [0.3, 0.4) is 0 Å². The molecule has 7 heteroatoms. The Hall–Kier alpha value is -3.74. The van der Waals surface area contributed by atoms with E-state index < -0.39 is 18.0 Å². The number of aryl methyl sites for hydroxylation is 2. The van der Waals surface area contributed by atoms with Gasteiger partial charge in [0.2, 0.25) is 0 Å². The lowest BCUT2D eigenvalue weighted by molar-refractivity contribution is -0.123. The van der Waals surface area contributed by atoms with Crippen LogP contribution < -0.4 is 10.1 Å². The maximum atomic E-state index is 12.6. The fraction of sp³-hybridized carbons (Fsp3) is 0.217. The van der Waals surface area contributed by atoms with Gasteiger partial charge in [-0.1, -0.05) is 18.2 Å². The predicted octanol–water partition coefficient (Wildman–Crippen LogP) is 4.99. The Balaban J connectivity index is 1.56. The van der Waals surface area contributed by atoms with E-state index in [1.807, 2.05) is 30.3 Å². The zero-order chi connectivity index (χ0) is 21.4. The van der Waals surface area contributed by atoms with Crippen LogP contribution in [0.4, 0.5) is 5.69 Å². The smallest absolute Gasteiger partial charge is 0.342 e. The number of anilines is 1. The third-order valence-electron chi connectivity index (χ3n) is 4.87. The van der Waals surface area contributed by atoms with Crippen LogP contribution in [0.1, 0.15) is 28.8 Å². The van der Waals surface area contributed by atoms with E-state index in [1.165, 1.54) is 14.0 Å². The number of benzene rings is 2. The van der Waals surface area contributed by atoms with Gasteiger partial charge in [-0.25, -0.2) is 4.79 Å². The number of furan rings is 2. The molecule has 2 heterocycles. The number of methoxy groups -OCH3 is 1. The second kappa shape index (κ2) is 7.59. The van der Waals surface area contributed by atoms with Crippen molar-refractivity contribution in [3.05, 3.63) is 59.5 Å². The topological polar surface area (TPSA) is 90.9 Å². The van der Waals surface area contributed by atoms with Crippen LogP contribution in [0.5, 0.6) is 5.75 Å². The number of fused-ring (bicyclic) bond motifs is 3. The predicted molar refractivity (Wildman–Crippen MR) is 112 cm³/mol. The molecule has 1 amide bonds. The van der Waals surface area contributed by atoms with Gasteiger partial charge in [-0.15, -0.1) is 0 Å². The molecule has 0 unspecified atom stereocenters. The Bertz CT molecular complexity index is 1270. The number of hydrogen-bond acceptors (Lipinski definition) is 6. The van der Waals surface area contributed by atoms with E-state index in [0.29, 0.717) is 34.1 Å². The molecular formula is C23H21NO6. The first kappa shape index (κ1) is 19.6. The number of hydrogen-bond donors (Lipinski definition) is 1. The van der Waals surface area contributed by atoms with Crippen molar-refractivity contribution in [1.29, 1.82) is 0 Å². The van der Waals surface area contributed by atoms with Gasteiger partial charge in [0.1, 0.15) is 34.0 Å². The number of carbonyl (C=O) groups is 2. The minimum atomic E-state index is -1.02. The summed E-state index contributed by atoms with van der Waals surface area (Å²) in [5.74, 6) is 0.409. The van der Waals surface area contributed by atoms with Gasteiger partial charge in [0.15, 0.2) is 6.10 Å². The molecule has 0 spiro atoms. The number of rotatable bonds is 5. The van der Waals surface area contributed by atoms with E-state index in [9.17, 15) is 9.59 Å². The Morgan fingerprint density at radius 1 is 1.00 bits per heavy atom. The highest BCUT2D eigenvalue weighted by molar-refractivity contribution is 6.08. The van der Waals surface area contributed by atoms with Crippen molar-refractivity contribution in [3.8, 4) is 5.75 Å². The van der Waals surface area contributed by atoms with Crippen molar-refractivity contribution < 1.29 is 27.9 Å². The largest absolute Gasteiger partial charge is 0.495 e. The van der Waals surface area contributed by atoms with Gasteiger partial charge < -0.3 is 23.6 Å². The zero-order valence-electron chi connectivity index (χ0n) is 17.1. The zero-order valence-corrected chi connectivity index (χ0v) is 17.1. The number of carbonyl (C=O) groups excluding carboxylic acids is 2. The molecule has 2 aromatic heterocycles. The molecule has 4 rings (SSSR count). The van der Waals surface area contributed by atoms with Crippen molar-refractivity contribution in [2.75, 3.05) is 12.4 Å². The maximum absolute atomic E-state index is 12.6. The van der Waals surface area contributed by atoms with E-state index in [2.05, 4.69) is 5.32 Å². The fourth-order valence-corrected chi connectivity index (χ4v) is 3.36. The molecule has 30 heavy (non-hydrogen) atoms. The van der Waals surface area contributed by atoms with Crippen LogP contribution in [0.15, 0.2) is 51.3 Å². The lowest BCUT2D eigenvalue weighted by atomic mass is 10.1. The summed E-state index contributed by atoms with van der Waals surface area (Å²) in [6.45, 7) is 4.91. The van der Waals surface area contributed by atoms with Gasteiger partial charge in [0, 0.05) is 16.8 Å². The van der Waals surface area contributed by atoms with Crippen molar-refractivity contribution in [1.82, 2.24) is 0 Å². The lowest BCUT2D eigenvalue weighted by Crippen LogP contribution is -2.30. The summed E-state index contributed by atoms with van der Waals surface area (Å²) in [6.07, 6.45) is -1.02. The molecule has 4 aromatic rings. The van der Waals surface area contributed by atoms with E-state index in [0.717, 1.165) is 16.4 Å². The summed E-state index contributed by atoms with van der Waals surface area (Å²) in [6, 6.07) is 12.7. The van der Waals surface area contributed by atoms with Crippen molar-refractivity contribution >= 4 is 39.5 Å². The molecule has 0 bridgehead atoms. The number of nitrogens with one attached hydrogen (secondary N) is 1. The molecule has 0 aliphatic heterocycles. The van der Waals surface area contributed by atoms with Gasteiger partial charge in [-0.3, -0.25) is 4.79 Å². The third kappa shape index (κ3) is 3.50. The minimum absolute atomic E-state index is 0.299. The van der Waals surface area contributed by atoms with Gasteiger partial charge >= 0.3 is 5.97 Å². The normalized spacial score (nSPS) is 12.1. The molecule has 0 aliphatic carbocycles. The van der Waals surface area contributed by atoms with E-state index in [1.54, 1.807) is 26.0 Å². The minimum Gasteiger partial charge on any atom is -0.495 e. The Morgan fingerprint density at radius 3 is 2.47 bits per heavy atom. The standard InChI is InChI=1S/C23H21NO6/c1-12-9-16(13(2)28-12)23(26)29-14(3)22(25)24-18-11-20-17(10-21(18)27-4)15-7-5-6-8-19(15)30-20/h5-11,14H,1-4H3,(H,24,25)/t14-/m1/s1. The number of amides is 1. The summed E-state index contributed by atoms with van der Waals surface area (Å²) in [5, 5.41) is 4.59. The molecule has 1 atom stereocenters. The Labute approximate surface area is 172 Å². The highest BCUT2D eigenvalue weighted by Gasteiger charge is 2.23. The first-order valence-corrected chi connectivity index (χ1v) is 9.45. The quantitative estimate of drug-likeness (QED) is 0.469. The van der Waals surface area contributed by atoms with Crippen LogP contribution >= 0.6 is 0 Å². The van der Waals surface area contributed by atoms with Gasteiger partial charge in [0.05, 0.1) is 12.8 Å². The molecule has 0 fully saturated rings. The average molecular weight is 407 g/mol. The van der Waals surface area contributed by atoms with Gasteiger partial charge in [-0.2, -0.15) is 0 Å². The first-order chi connectivity index (χ1) is 14.4. The van der Waals surface area contributed by atoms with Crippen molar-refractivity contribution in [2.45, 2.75) is 26.9 Å². The van der Waals surface area contributed by atoms with E-state index in [4.69, 9.17) is 18.3 Å². The summed E-state index contributed by atoms with van der Waals surface area (Å²) >= 11 is 0. The van der Waals surface area contributed by atoms with Gasteiger partial charge in [-0.05, 0) is 39.0 Å². The monoisotopic (exact) mass is 407 g/mol. The van der Waals surface area contributed by atoms with Crippen LogP contribution in [-0.4, -0.2) is 25.1 Å². The first-order valence-electron chi connectivity index (χ1n) is 9.45.